The summed E-state index contributed by atoms with van der Waals surface area (Å²) in [6.45, 7) is 1.38. The van der Waals surface area contributed by atoms with E-state index in [9.17, 15) is 22.8 Å². The van der Waals surface area contributed by atoms with E-state index in [1.165, 1.54) is 18.2 Å². The number of imide groups is 1. The first-order chi connectivity index (χ1) is 13.2. The molecule has 1 aromatic rings. The van der Waals surface area contributed by atoms with Gasteiger partial charge >= 0.3 is 12.0 Å². The second-order valence-corrected chi connectivity index (χ2v) is 8.63. The largest absolute Gasteiger partial charge is 0.452 e. The third kappa shape index (κ3) is 6.84. The number of amides is 3. The molecule has 1 fully saturated rings. The molecule has 1 aliphatic carbocycles. The van der Waals surface area contributed by atoms with Gasteiger partial charge in [-0.3, -0.25) is 14.8 Å². The molecule has 3 N–H and O–H groups in total. The van der Waals surface area contributed by atoms with Gasteiger partial charge in [0.2, 0.25) is 10.0 Å². The Labute approximate surface area is 164 Å². The lowest BCUT2D eigenvalue weighted by Crippen LogP contribution is -2.48. The number of ether oxygens (including phenoxy) is 1. The van der Waals surface area contributed by atoms with Crippen molar-refractivity contribution in [1.29, 1.82) is 0 Å². The molecule has 0 spiro atoms. The summed E-state index contributed by atoms with van der Waals surface area (Å²) in [5, 5.41) is 4.90. The number of sulfonamides is 1. The lowest BCUT2D eigenvalue weighted by molar-refractivity contribution is -0.123. The van der Waals surface area contributed by atoms with Crippen LogP contribution in [0, 0.1) is 5.92 Å². The average molecular weight is 411 g/mol. The third-order valence-electron chi connectivity index (χ3n) is 4.46. The molecule has 0 saturated heterocycles. The number of nitrogens with one attached hydrogen (secondary N) is 3. The fourth-order valence-electron chi connectivity index (χ4n) is 3.06. The number of carbonyl (C=O) groups is 3. The number of benzene rings is 1. The van der Waals surface area contributed by atoms with E-state index in [4.69, 9.17) is 4.74 Å². The van der Waals surface area contributed by atoms with E-state index in [0.29, 0.717) is 5.92 Å². The van der Waals surface area contributed by atoms with Crippen LogP contribution in [-0.2, 0) is 19.6 Å². The standard InChI is InChI=1S/C18H25N3O6S/c1-12-7-3-5-9-14(12)19-18(24)20-16(22)11-27-17(23)13-8-4-6-10-15(13)21-28(2,25)26/h4,6,8,10,12,14,21H,3,5,7,9,11H2,1-2H3,(H2,19,20,22,24)/t12-,14+/m1/s1. The van der Waals surface area contributed by atoms with Gasteiger partial charge in [-0.15, -0.1) is 0 Å². The van der Waals surface area contributed by atoms with Crippen molar-refractivity contribution in [2.75, 3.05) is 17.6 Å². The maximum atomic E-state index is 12.2. The van der Waals surface area contributed by atoms with Crippen molar-refractivity contribution >= 4 is 33.6 Å². The molecular weight excluding hydrogens is 386 g/mol. The maximum Gasteiger partial charge on any atom is 0.340 e. The van der Waals surface area contributed by atoms with E-state index >= 15 is 0 Å². The van der Waals surface area contributed by atoms with Crippen LogP contribution in [0.25, 0.3) is 0 Å². The fourth-order valence-corrected chi connectivity index (χ4v) is 3.63. The van der Waals surface area contributed by atoms with Crippen LogP contribution >= 0.6 is 0 Å². The van der Waals surface area contributed by atoms with Gasteiger partial charge < -0.3 is 10.1 Å². The minimum absolute atomic E-state index is 0.0121. The first-order valence-corrected chi connectivity index (χ1v) is 10.9. The van der Waals surface area contributed by atoms with Gasteiger partial charge in [-0.1, -0.05) is 31.9 Å². The second kappa shape index (κ2) is 9.54. The lowest BCUT2D eigenvalue weighted by Gasteiger charge is -2.29. The van der Waals surface area contributed by atoms with Crippen LogP contribution in [0.2, 0.25) is 0 Å². The molecule has 0 aliphatic heterocycles. The molecule has 9 nitrogen and oxygen atoms in total. The highest BCUT2D eigenvalue weighted by Crippen LogP contribution is 2.23. The summed E-state index contributed by atoms with van der Waals surface area (Å²) in [6.07, 6.45) is 5.00. The number of para-hydroxylation sites is 1. The molecule has 1 aromatic carbocycles. The molecule has 154 valence electrons. The van der Waals surface area contributed by atoms with Gasteiger partial charge in [-0.2, -0.15) is 0 Å². The lowest BCUT2D eigenvalue weighted by atomic mass is 9.86. The molecule has 1 aliphatic rings. The minimum Gasteiger partial charge on any atom is -0.452 e. The summed E-state index contributed by atoms with van der Waals surface area (Å²) in [6, 6.07) is 5.23. The zero-order valence-corrected chi connectivity index (χ0v) is 16.7. The van der Waals surface area contributed by atoms with Gasteiger partial charge in [0, 0.05) is 6.04 Å². The number of urea groups is 1. The molecule has 0 radical (unpaired) electrons. The smallest absolute Gasteiger partial charge is 0.340 e. The molecule has 0 aromatic heterocycles. The van der Waals surface area contributed by atoms with Crippen LogP contribution in [-0.4, -0.2) is 45.2 Å². The molecular formula is C18H25N3O6S. The Morgan fingerprint density at radius 2 is 1.82 bits per heavy atom. The highest BCUT2D eigenvalue weighted by atomic mass is 32.2. The quantitative estimate of drug-likeness (QED) is 0.610. The summed E-state index contributed by atoms with van der Waals surface area (Å²) in [5.74, 6) is -1.32. The molecule has 28 heavy (non-hydrogen) atoms. The third-order valence-corrected chi connectivity index (χ3v) is 5.05. The molecule has 1 saturated carbocycles. The fraction of sp³-hybridized carbons (Fsp3) is 0.500. The topological polar surface area (TPSA) is 131 Å². The monoisotopic (exact) mass is 411 g/mol. The predicted octanol–water partition coefficient (Wildman–Crippen LogP) is 1.62. The maximum absolute atomic E-state index is 12.2. The van der Waals surface area contributed by atoms with E-state index in [-0.39, 0.29) is 17.3 Å². The van der Waals surface area contributed by atoms with Crippen molar-refractivity contribution in [3.05, 3.63) is 29.8 Å². The molecule has 0 bridgehead atoms. The van der Waals surface area contributed by atoms with Crippen LogP contribution in [0.15, 0.2) is 24.3 Å². The Hall–Kier alpha value is -2.62. The number of esters is 1. The zero-order chi connectivity index (χ0) is 20.7. The highest BCUT2D eigenvalue weighted by molar-refractivity contribution is 7.92. The van der Waals surface area contributed by atoms with Crippen molar-refractivity contribution in [2.45, 2.75) is 38.6 Å². The van der Waals surface area contributed by atoms with Gasteiger partial charge in [-0.25, -0.2) is 18.0 Å². The summed E-state index contributed by atoms with van der Waals surface area (Å²) in [5.41, 5.74) is 0.000597. The van der Waals surface area contributed by atoms with Crippen molar-refractivity contribution in [3.63, 3.8) is 0 Å². The van der Waals surface area contributed by atoms with Gasteiger partial charge in [0.1, 0.15) is 0 Å². The van der Waals surface area contributed by atoms with Crippen LogP contribution < -0.4 is 15.4 Å². The molecule has 0 heterocycles. The van der Waals surface area contributed by atoms with Gasteiger partial charge in [0.25, 0.3) is 5.91 Å². The van der Waals surface area contributed by atoms with Crippen LogP contribution in [0.5, 0.6) is 0 Å². The Bertz CT molecular complexity index is 839. The van der Waals surface area contributed by atoms with E-state index < -0.39 is 34.5 Å². The highest BCUT2D eigenvalue weighted by Gasteiger charge is 2.23. The summed E-state index contributed by atoms with van der Waals surface area (Å²) >= 11 is 0. The Morgan fingerprint density at radius 3 is 2.50 bits per heavy atom. The van der Waals surface area contributed by atoms with E-state index in [0.717, 1.165) is 31.9 Å². The van der Waals surface area contributed by atoms with Crippen molar-refractivity contribution in [3.8, 4) is 0 Å². The molecule has 3 amide bonds. The average Bonchev–Trinajstić information content (AvgIpc) is 2.60. The first-order valence-electron chi connectivity index (χ1n) is 9.00. The van der Waals surface area contributed by atoms with Crippen molar-refractivity contribution in [1.82, 2.24) is 10.6 Å². The Balaban J connectivity index is 1.85. The molecule has 0 unspecified atom stereocenters. The predicted molar refractivity (Wildman–Crippen MR) is 103 cm³/mol. The number of carbonyl (C=O) groups excluding carboxylic acids is 3. The zero-order valence-electron chi connectivity index (χ0n) is 15.9. The Morgan fingerprint density at radius 1 is 1.14 bits per heavy atom. The number of anilines is 1. The van der Waals surface area contributed by atoms with Crippen LogP contribution in [0.3, 0.4) is 0 Å². The van der Waals surface area contributed by atoms with Gasteiger partial charge in [-0.05, 0) is 30.9 Å². The van der Waals surface area contributed by atoms with E-state index in [1.807, 2.05) is 0 Å². The molecule has 2 atom stereocenters. The van der Waals surface area contributed by atoms with Crippen LogP contribution in [0.1, 0.15) is 43.0 Å². The van der Waals surface area contributed by atoms with Gasteiger partial charge in [0.15, 0.2) is 6.61 Å². The molecule has 2 rings (SSSR count). The summed E-state index contributed by atoms with van der Waals surface area (Å²) < 4.78 is 29.9. The van der Waals surface area contributed by atoms with Gasteiger partial charge in [0.05, 0.1) is 17.5 Å². The Kier molecular flexibility index (Phi) is 7.38. The SMILES string of the molecule is C[C@@H]1CCCC[C@@H]1NC(=O)NC(=O)COC(=O)c1ccccc1NS(C)(=O)=O. The first kappa shape index (κ1) is 21.7. The second-order valence-electron chi connectivity index (χ2n) is 6.89. The summed E-state index contributed by atoms with van der Waals surface area (Å²) in [7, 11) is -3.59. The number of hydrogen-bond donors (Lipinski definition) is 3. The number of hydrogen-bond acceptors (Lipinski definition) is 6. The molecule has 10 heteroatoms. The van der Waals surface area contributed by atoms with Crippen molar-refractivity contribution < 1.29 is 27.5 Å². The van der Waals surface area contributed by atoms with E-state index in [2.05, 4.69) is 22.3 Å². The normalized spacial score (nSPS) is 19.4. The van der Waals surface area contributed by atoms with Crippen LogP contribution in [0.4, 0.5) is 10.5 Å². The van der Waals surface area contributed by atoms with Crippen molar-refractivity contribution in [2.24, 2.45) is 5.92 Å². The van der Waals surface area contributed by atoms with E-state index in [1.54, 1.807) is 6.07 Å². The summed E-state index contributed by atoms with van der Waals surface area (Å²) in [4.78, 5) is 36.0. The minimum atomic E-state index is -3.59. The number of rotatable bonds is 6.